The van der Waals surface area contributed by atoms with Crippen LogP contribution in [0.5, 0.6) is 11.5 Å². The van der Waals surface area contributed by atoms with Crippen molar-refractivity contribution in [2.75, 3.05) is 12.4 Å². The molecule has 20 heavy (non-hydrogen) atoms. The summed E-state index contributed by atoms with van der Waals surface area (Å²) in [6.07, 6.45) is 4.04. The van der Waals surface area contributed by atoms with E-state index in [1.165, 1.54) is 13.2 Å². The number of rotatable bonds is 5. The molecule has 0 radical (unpaired) electrons. The Morgan fingerprint density at radius 1 is 1.30 bits per heavy atom. The van der Waals surface area contributed by atoms with Crippen LogP contribution in [-0.4, -0.2) is 25.8 Å². The monoisotopic (exact) mass is 286 g/mol. The first-order chi connectivity index (χ1) is 9.58. The highest BCUT2D eigenvalue weighted by Gasteiger charge is 2.19. The van der Waals surface area contributed by atoms with Gasteiger partial charge in [-0.3, -0.25) is 0 Å². The lowest BCUT2D eigenvalue weighted by atomic mass is 9.91. The van der Waals surface area contributed by atoms with Crippen LogP contribution in [0, 0.1) is 0 Å². The summed E-state index contributed by atoms with van der Waals surface area (Å²) in [6, 6.07) is 5.41. The fraction of sp³-hybridized carbons (Fsp3) is 0.571. The zero-order valence-corrected chi connectivity index (χ0v) is 11.4. The van der Waals surface area contributed by atoms with Crippen LogP contribution >= 0.6 is 0 Å². The van der Waals surface area contributed by atoms with Gasteiger partial charge in [-0.05, 0) is 37.8 Å². The molecule has 0 saturated heterocycles. The maximum absolute atomic E-state index is 12.4. The molecule has 0 amide bonds. The Balaban J connectivity index is 2.07. The number of nitrogens with one attached hydrogen (secondary N) is 1. The van der Waals surface area contributed by atoms with E-state index in [1.54, 1.807) is 12.1 Å². The van der Waals surface area contributed by atoms with E-state index in [-0.39, 0.29) is 23.6 Å². The number of halogens is 2. The van der Waals surface area contributed by atoms with Crippen LogP contribution < -0.4 is 20.5 Å². The van der Waals surface area contributed by atoms with Crippen LogP contribution in [0.4, 0.5) is 14.5 Å². The smallest absolute Gasteiger partial charge is 0.387 e. The molecule has 0 aliphatic heterocycles. The zero-order valence-electron chi connectivity index (χ0n) is 11.4. The molecule has 1 aromatic rings. The van der Waals surface area contributed by atoms with Gasteiger partial charge in [0.2, 0.25) is 0 Å². The molecule has 1 saturated carbocycles. The minimum absolute atomic E-state index is 0.0348. The van der Waals surface area contributed by atoms with Crippen LogP contribution in [0.1, 0.15) is 25.7 Å². The first kappa shape index (κ1) is 14.8. The fourth-order valence-corrected chi connectivity index (χ4v) is 2.55. The Kier molecular flexibility index (Phi) is 5.00. The van der Waals surface area contributed by atoms with E-state index >= 15 is 0 Å². The number of ether oxygens (including phenoxy) is 2. The van der Waals surface area contributed by atoms with Crippen molar-refractivity contribution in [3.05, 3.63) is 18.2 Å². The van der Waals surface area contributed by atoms with Crippen molar-refractivity contribution in [3.8, 4) is 11.5 Å². The topological polar surface area (TPSA) is 56.5 Å². The molecule has 1 aliphatic rings. The van der Waals surface area contributed by atoms with Gasteiger partial charge < -0.3 is 20.5 Å². The van der Waals surface area contributed by atoms with Gasteiger partial charge in [-0.2, -0.15) is 8.78 Å². The lowest BCUT2D eigenvalue weighted by Crippen LogP contribution is -2.34. The molecule has 2 unspecified atom stereocenters. The molecule has 1 aromatic carbocycles. The van der Waals surface area contributed by atoms with Gasteiger partial charge in [0.1, 0.15) is 0 Å². The Bertz CT molecular complexity index is 443. The van der Waals surface area contributed by atoms with E-state index in [2.05, 4.69) is 10.1 Å². The molecule has 4 nitrogen and oxygen atoms in total. The van der Waals surface area contributed by atoms with Gasteiger partial charge >= 0.3 is 6.61 Å². The van der Waals surface area contributed by atoms with Crippen molar-refractivity contribution in [2.45, 2.75) is 44.4 Å². The summed E-state index contributed by atoms with van der Waals surface area (Å²) in [6.45, 7) is -2.87. The van der Waals surface area contributed by atoms with Crippen LogP contribution in [0.2, 0.25) is 0 Å². The molecule has 2 atom stereocenters. The highest BCUT2D eigenvalue weighted by Crippen LogP contribution is 2.32. The first-order valence-corrected chi connectivity index (χ1v) is 6.73. The molecule has 0 heterocycles. The van der Waals surface area contributed by atoms with E-state index in [1.807, 2.05) is 0 Å². The maximum Gasteiger partial charge on any atom is 0.387 e. The molecule has 3 N–H and O–H groups in total. The Morgan fingerprint density at radius 3 is 2.75 bits per heavy atom. The predicted molar refractivity (Wildman–Crippen MR) is 73.5 cm³/mol. The highest BCUT2D eigenvalue weighted by molar-refractivity contribution is 5.55. The summed E-state index contributed by atoms with van der Waals surface area (Å²) < 4.78 is 34.2. The van der Waals surface area contributed by atoms with Crippen molar-refractivity contribution < 1.29 is 18.3 Å². The Hall–Kier alpha value is -1.56. The number of alkyl halides is 2. The molecular weight excluding hydrogens is 266 g/mol. The maximum atomic E-state index is 12.4. The summed E-state index contributed by atoms with van der Waals surface area (Å²) in [5.74, 6) is 0.323. The summed E-state index contributed by atoms with van der Waals surface area (Å²) >= 11 is 0. The Labute approximate surface area is 117 Å². The highest BCUT2D eigenvalue weighted by atomic mass is 19.3. The van der Waals surface area contributed by atoms with Crippen LogP contribution in [-0.2, 0) is 0 Å². The number of methoxy groups -OCH3 is 1. The standard InChI is InChI=1S/C14H20F2N2O2/c1-19-12-6-5-11(8-13(12)20-14(15)16)18-10-4-2-3-9(17)7-10/h5-6,8-10,14,18H,2-4,7,17H2,1H3. The van der Waals surface area contributed by atoms with Gasteiger partial charge in [0.25, 0.3) is 0 Å². The quantitative estimate of drug-likeness (QED) is 0.873. The molecule has 1 fully saturated rings. The number of benzene rings is 1. The average Bonchev–Trinajstić information content (AvgIpc) is 2.38. The minimum Gasteiger partial charge on any atom is -0.493 e. The van der Waals surface area contributed by atoms with Gasteiger partial charge in [-0.1, -0.05) is 0 Å². The SMILES string of the molecule is COc1ccc(NC2CCCC(N)C2)cc1OC(F)F. The Morgan fingerprint density at radius 2 is 2.10 bits per heavy atom. The zero-order chi connectivity index (χ0) is 14.5. The second kappa shape index (κ2) is 6.74. The third kappa shape index (κ3) is 3.96. The fourth-order valence-electron chi connectivity index (χ4n) is 2.55. The second-order valence-corrected chi connectivity index (χ2v) is 5.01. The summed E-state index contributed by atoms with van der Waals surface area (Å²) in [4.78, 5) is 0. The van der Waals surface area contributed by atoms with E-state index < -0.39 is 6.61 Å². The number of hydrogen-bond acceptors (Lipinski definition) is 4. The normalized spacial score (nSPS) is 22.6. The third-order valence-corrected chi connectivity index (χ3v) is 3.47. The van der Waals surface area contributed by atoms with E-state index in [4.69, 9.17) is 10.5 Å². The van der Waals surface area contributed by atoms with Crippen molar-refractivity contribution in [1.82, 2.24) is 0 Å². The summed E-state index contributed by atoms with van der Waals surface area (Å²) in [7, 11) is 1.42. The molecule has 0 spiro atoms. The molecule has 0 bridgehead atoms. The minimum atomic E-state index is -2.87. The van der Waals surface area contributed by atoms with Crippen LogP contribution in [0.3, 0.4) is 0 Å². The van der Waals surface area contributed by atoms with Gasteiger partial charge in [0, 0.05) is 23.8 Å². The van der Waals surface area contributed by atoms with Crippen LogP contribution in [0.25, 0.3) is 0 Å². The van der Waals surface area contributed by atoms with E-state index in [9.17, 15) is 8.78 Å². The van der Waals surface area contributed by atoms with Gasteiger partial charge in [0.05, 0.1) is 7.11 Å². The third-order valence-electron chi connectivity index (χ3n) is 3.47. The number of hydrogen-bond donors (Lipinski definition) is 2. The first-order valence-electron chi connectivity index (χ1n) is 6.73. The molecule has 0 aromatic heterocycles. The molecule has 1 aliphatic carbocycles. The largest absolute Gasteiger partial charge is 0.493 e. The summed E-state index contributed by atoms with van der Waals surface area (Å²) in [5.41, 5.74) is 6.67. The molecule has 112 valence electrons. The van der Waals surface area contributed by atoms with Crippen LogP contribution in [0.15, 0.2) is 18.2 Å². The average molecular weight is 286 g/mol. The molecular formula is C14H20F2N2O2. The second-order valence-electron chi connectivity index (χ2n) is 5.01. The van der Waals surface area contributed by atoms with Crippen molar-refractivity contribution in [2.24, 2.45) is 5.73 Å². The molecule has 2 rings (SSSR count). The lowest BCUT2D eigenvalue weighted by Gasteiger charge is -2.28. The lowest BCUT2D eigenvalue weighted by molar-refractivity contribution is -0.0511. The number of nitrogens with two attached hydrogens (primary N) is 1. The van der Waals surface area contributed by atoms with Gasteiger partial charge in [-0.25, -0.2) is 0 Å². The van der Waals surface area contributed by atoms with E-state index in [0.717, 1.165) is 31.4 Å². The van der Waals surface area contributed by atoms with E-state index in [0.29, 0.717) is 0 Å². The summed E-state index contributed by atoms with van der Waals surface area (Å²) in [5, 5.41) is 3.32. The van der Waals surface area contributed by atoms with Gasteiger partial charge in [0.15, 0.2) is 11.5 Å². The van der Waals surface area contributed by atoms with Gasteiger partial charge in [-0.15, -0.1) is 0 Å². The van der Waals surface area contributed by atoms with Crippen molar-refractivity contribution in [3.63, 3.8) is 0 Å². The molecule has 6 heteroatoms. The predicted octanol–water partition coefficient (Wildman–Crippen LogP) is 2.98. The number of anilines is 1. The van der Waals surface area contributed by atoms with Crippen molar-refractivity contribution in [1.29, 1.82) is 0 Å². The van der Waals surface area contributed by atoms with Crippen molar-refractivity contribution >= 4 is 5.69 Å².